The number of anilines is 1. The SMILES string of the molecule is Cc1ccc(-c2nn(-c3ccccc3F)cc2N)cc1C. The molecule has 1 heterocycles. The number of nitrogens with two attached hydrogens (primary N) is 1. The predicted molar refractivity (Wildman–Crippen MR) is 82.8 cm³/mol. The van der Waals surface area contributed by atoms with E-state index < -0.39 is 0 Å². The van der Waals surface area contributed by atoms with E-state index in [1.807, 2.05) is 25.1 Å². The van der Waals surface area contributed by atoms with E-state index in [0.29, 0.717) is 17.1 Å². The summed E-state index contributed by atoms with van der Waals surface area (Å²) < 4.78 is 15.3. The van der Waals surface area contributed by atoms with Crippen LogP contribution in [0.25, 0.3) is 16.9 Å². The molecule has 0 fully saturated rings. The van der Waals surface area contributed by atoms with Gasteiger partial charge in [-0.2, -0.15) is 5.10 Å². The highest BCUT2D eigenvalue weighted by Gasteiger charge is 2.12. The van der Waals surface area contributed by atoms with Crippen LogP contribution in [-0.4, -0.2) is 9.78 Å². The molecule has 0 radical (unpaired) electrons. The maximum Gasteiger partial charge on any atom is 0.148 e. The summed E-state index contributed by atoms with van der Waals surface area (Å²) in [5.74, 6) is -0.327. The number of aryl methyl sites for hydroxylation is 2. The summed E-state index contributed by atoms with van der Waals surface area (Å²) in [5.41, 5.74) is 11.0. The minimum Gasteiger partial charge on any atom is -0.396 e. The molecule has 0 saturated heterocycles. The van der Waals surface area contributed by atoms with E-state index in [1.54, 1.807) is 24.4 Å². The third-order valence-corrected chi connectivity index (χ3v) is 3.62. The highest BCUT2D eigenvalue weighted by Crippen LogP contribution is 2.27. The summed E-state index contributed by atoms with van der Waals surface area (Å²) in [6, 6.07) is 12.6. The number of nitrogens with zero attached hydrogens (tertiary/aromatic N) is 2. The van der Waals surface area contributed by atoms with Gasteiger partial charge in [-0.1, -0.05) is 24.3 Å². The Morgan fingerprint density at radius 1 is 1.05 bits per heavy atom. The first-order valence-electron chi connectivity index (χ1n) is 6.74. The Morgan fingerprint density at radius 2 is 1.81 bits per heavy atom. The molecule has 4 heteroatoms. The van der Waals surface area contributed by atoms with Gasteiger partial charge in [0.15, 0.2) is 0 Å². The summed E-state index contributed by atoms with van der Waals surface area (Å²) in [6.45, 7) is 4.10. The second kappa shape index (κ2) is 5.05. The van der Waals surface area contributed by atoms with Gasteiger partial charge < -0.3 is 5.73 Å². The molecule has 0 spiro atoms. The maximum atomic E-state index is 13.8. The quantitative estimate of drug-likeness (QED) is 0.774. The number of nitrogen functional groups attached to an aromatic ring is 1. The Hall–Kier alpha value is -2.62. The lowest BCUT2D eigenvalue weighted by molar-refractivity contribution is 0.611. The van der Waals surface area contributed by atoms with Crippen LogP contribution in [-0.2, 0) is 0 Å². The molecule has 3 aromatic rings. The summed E-state index contributed by atoms with van der Waals surface area (Å²) in [7, 11) is 0. The molecule has 2 aromatic carbocycles. The van der Waals surface area contributed by atoms with Crippen LogP contribution >= 0.6 is 0 Å². The number of rotatable bonds is 2. The molecule has 21 heavy (non-hydrogen) atoms. The minimum absolute atomic E-state index is 0.327. The van der Waals surface area contributed by atoms with Crippen molar-refractivity contribution in [3.8, 4) is 16.9 Å². The molecule has 0 bridgehead atoms. The van der Waals surface area contributed by atoms with E-state index in [0.717, 1.165) is 5.56 Å². The molecule has 1 aromatic heterocycles. The Labute approximate surface area is 122 Å². The zero-order chi connectivity index (χ0) is 15.0. The van der Waals surface area contributed by atoms with Crippen LogP contribution in [0.3, 0.4) is 0 Å². The summed E-state index contributed by atoms with van der Waals surface area (Å²) >= 11 is 0. The Kier molecular flexibility index (Phi) is 3.22. The minimum atomic E-state index is -0.327. The van der Waals surface area contributed by atoms with E-state index in [2.05, 4.69) is 12.0 Å². The van der Waals surface area contributed by atoms with Crippen molar-refractivity contribution < 1.29 is 4.39 Å². The Bertz CT molecular complexity index is 806. The number of para-hydroxylation sites is 1. The number of hydrogen-bond donors (Lipinski definition) is 1. The molecule has 106 valence electrons. The zero-order valence-electron chi connectivity index (χ0n) is 12.0. The van der Waals surface area contributed by atoms with E-state index in [9.17, 15) is 4.39 Å². The fourth-order valence-corrected chi connectivity index (χ4v) is 2.26. The number of aromatic nitrogens is 2. The highest BCUT2D eigenvalue weighted by atomic mass is 19.1. The molecule has 0 atom stereocenters. The lowest BCUT2D eigenvalue weighted by Gasteiger charge is -2.04. The van der Waals surface area contributed by atoms with E-state index in [1.165, 1.54) is 21.9 Å². The normalized spacial score (nSPS) is 10.8. The second-order valence-corrected chi connectivity index (χ2v) is 5.13. The largest absolute Gasteiger partial charge is 0.396 e. The van der Waals surface area contributed by atoms with Gasteiger partial charge in [0.1, 0.15) is 17.2 Å². The third kappa shape index (κ3) is 2.40. The van der Waals surface area contributed by atoms with E-state index >= 15 is 0 Å². The van der Waals surface area contributed by atoms with Crippen LogP contribution in [0.4, 0.5) is 10.1 Å². The van der Waals surface area contributed by atoms with Crippen molar-refractivity contribution >= 4 is 5.69 Å². The average Bonchev–Trinajstić information content (AvgIpc) is 2.84. The summed E-state index contributed by atoms with van der Waals surface area (Å²) in [6.07, 6.45) is 1.64. The Balaban J connectivity index is 2.10. The van der Waals surface area contributed by atoms with Gasteiger partial charge in [-0.15, -0.1) is 0 Å². The molecule has 0 aliphatic carbocycles. The van der Waals surface area contributed by atoms with E-state index in [4.69, 9.17) is 5.73 Å². The molecule has 3 nitrogen and oxygen atoms in total. The van der Waals surface area contributed by atoms with Crippen molar-refractivity contribution in [3.05, 3.63) is 65.6 Å². The van der Waals surface area contributed by atoms with Gasteiger partial charge in [0.05, 0.1) is 11.9 Å². The van der Waals surface area contributed by atoms with E-state index in [-0.39, 0.29) is 5.82 Å². The molecular formula is C17H16FN3. The fourth-order valence-electron chi connectivity index (χ4n) is 2.26. The lowest BCUT2D eigenvalue weighted by Crippen LogP contribution is -1.98. The molecule has 0 unspecified atom stereocenters. The van der Waals surface area contributed by atoms with Crippen LogP contribution in [0.5, 0.6) is 0 Å². The number of benzene rings is 2. The second-order valence-electron chi connectivity index (χ2n) is 5.13. The average molecular weight is 281 g/mol. The van der Waals surface area contributed by atoms with Crippen LogP contribution in [0.2, 0.25) is 0 Å². The molecule has 0 amide bonds. The van der Waals surface area contributed by atoms with Crippen molar-refractivity contribution in [3.63, 3.8) is 0 Å². The maximum absolute atomic E-state index is 13.8. The molecule has 0 aliphatic heterocycles. The van der Waals surface area contributed by atoms with Crippen LogP contribution in [0.15, 0.2) is 48.7 Å². The molecule has 0 saturated carbocycles. The van der Waals surface area contributed by atoms with Crippen LogP contribution in [0, 0.1) is 19.7 Å². The standard InChI is InChI=1S/C17H16FN3/c1-11-7-8-13(9-12(11)2)17-15(19)10-21(20-17)16-6-4-3-5-14(16)18/h3-10H,19H2,1-2H3. The van der Waals surface area contributed by atoms with Crippen LogP contribution in [0.1, 0.15) is 11.1 Å². The first kappa shape index (κ1) is 13.4. The first-order valence-corrected chi connectivity index (χ1v) is 6.74. The fraction of sp³-hybridized carbons (Fsp3) is 0.118. The van der Waals surface area contributed by atoms with Crippen molar-refractivity contribution in [2.24, 2.45) is 0 Å². The molecule has 0 aliphatic rings. The van der Waals surface area contributed by atoms with Gasteiger partial charge in [-0.05, 0) is 43.2 Å². The molecule has 3 rings (SSSR count). The van der Waals surface area contributed by atoms with Crippen LogP contribution < -0.4 is 5.73 Å². The van der Waals surface area contributed by atoms with Crippen molar-refractivity contribution in [1.29, 1.82) is 0 Å². The Morgan fingerprint density at radius 3 is 2.52 bits per heavy atom. The van der Waals surface area contributed by atoms with Gasteiger partial charge in [0.25, 0.3) is 0 Å². The van der Waals surface area contributed by atoms with Crippen molar-refractivity contribution in [2.75, 3.05) is 5.73 Å². The molecule has 2 N–H and O–H groups in total. The summed E-state index contributed by atoms with van der Waals surface area (Å²) in [4.78, 5) is 0. The van der Waals surface area contributed by atoms with Crippen molar-refractivity contribution in [2.45, 2.75) is 13.8 Å². The van der Waals surface area contributed by atoms with Gasteiger partial charge in [-0.25, -0.2) is 9.07 Å². The van der Waals surface area contributed by atoms with Gasteiger partial charge in [0.2, 0.25) is 0 Å². The van der Waals surface area contributed by atoms with Gasteiger partial charge >= 0.3 is 0 Å². The van der Waals surface area contributed by atoms with Gasteiger partial charge in [0, 0.05) is 5.56 Å². The smallest absolute Gasteiger partial charge is 0.148 e. The van der Waals surface area contributed by atoms with Crippen molar-refractivity contribution in [1.82, 2.24) is 9.78 Å². The number of hydrogen-bond acceptors (Lipinski definition) is 2. The topological polar surface area (TPSA) is 43.8 Å². The summed E-state index contributed by atoms with van der Waals surface area (Å²) in [5, 5.41) is 4.43. The zero-order valence-corrected chi connectivity index (χ0v) is 12.0. The molecular weight excluding hydrogens is 265 g/mol. The third-order valence-electron chi connectivity index (χ3n) is 3.62. The number of halogens is 1. The highest BCUT2D eigenvalue weighted by molar-refractivity contribution is 5.73. The first-order chi connectivity index (χ1) is 10.1. The van der Waals surface area contributed by atoms with Gasteiger partial charge in [-0.3, -0.25) is 0 Å². The lowest BCUT2D eigenvalue weighted by atomic mass is 10.0. The predicted octanol–water partition coefficient (Wildman–Crippen LogP) is 3.88. The monoisotopic (exact) mass is 281 g/mol.